The van der Waals surface area contributed by atoms with E-state index < -0.39 is 0 Å². The number of aryl methyl sites for hydroxylation is 2. The summed E-state index contributed by atoms with van der Waals surface area (Å²) in [6.07, 6.45) is 6.04. The Balaban J connectivity index is 1.51. The van der Waals surface area contributed by atoms with Crippen LogP contribution in [-0.4, -0.2) is 27.4 Å². The first-order valence-electron chi connectivity index (χ1n) is 8.01. The predicted octanol–water partition coefficient (Wildman–Crippen LogP) is 2.25. The maximum atomic E-state index is 9.58. The first kappa shape index (κ1) is 15.2. The minimum absolute atomic E-state index is 0.154. The summed E-state index contributed by atoms with van der Waals surface area (Å²) in [5, 5.41) is 17.0. The van der Waals surface area contributed by atoms with Crippen molar-refractivity contribution in [3.8, 4) is 0 Å². The van der Waals surface area contributed by atoms with Crippen molar-refractivity contribution in [1.29, 1.82) is 0 Å². The van der Waals surface area contributed by atoms with E-state index in [4.69, 9.17) is 4.52 Å². The molecule has 22 heavy (non-hydrogen) atoms. The van der Waals surface area contributed by atoms with E-state index in [1.54, 1.807) is 0 Å². The molecule has 0 bridgehead atoms. The van der Waals surface area contributed by atoms with Crippen LogP contribution >= 0.6 is 0 Å². The molecule has 1 fully saturated rings. The number of aliphatic hydroxyl groups excluding tert-OH is 1. The van der Waals surface area contributed by atoms with Crippen LogP contribution in [0, 0.1) is 0 Å². The number of nitrogens with one attached hydrogen (secondary N) is 1. The molecule has 0 aliphatic heterocycles. The van der Waals surface area contributed by atoms with Gasteiger partial charge in [0.05, 0.1) is 13.2 Å². The molecule has 0 amide bonds. The number of nitrogens with zero attached hydrogens (tertiary/aromatic N) is 2. The SMILES string of the molecule is OCC1(NCc2nc(CCc3ccccc3)no2)CCCC1. The van der Waals surface area contributed by atoms with Gasteiger partial charge in [0, 0.05) is 12.0 Å². The quantitative estimate of drug-likeness (QED) is 0.821. The van der Waals surface area contributed by atoms with E-state index in [0.717, 1.165) is 31.5 Å². The van der Waals surface area contributed by atoms with Gasteiger partial charge in [-0.15, -0.1) is 0 Å². The van der Waals surface area contributed by atoms with E-state index in [1.165, 1.54) is 18.4 Å². The molecule has 118 valence electrons. The molecule has 0 spiro atoms. The van der Waals surface area contributed by atoms with Crippen LogP contribution < -0.4 is 5.32 Å². The van der Waals surface area contributed by atoms with Crippen molar-refractivity contribution in [3.05, 3.63) is 47.6 Å². The second-order valence-electron chi connectivity index (χ2n) is 6.09. The van der Waals surface area contributed by atoms with Crippen molar-refractivity contribution in [1.82, 2.24) is 15.5 Å². The van der Waals surface area contributed by atoms with Gasteiger partial charge in [-0.25, -0.2) is 0 Å². The summed E-state index contributed by atoms with van der Waals surface area (Å²) < 4.78 is 5.30. The monoisotopic (exact) mass is 301 g/mol. The van der Waals surface area contributed by atoms with Gasteiger partial charge in [0.2, 0.25) is 5.89 Å². The highest BCUT2D eigenvalue weighted by Gasteiger charge is 2.32. The van der Waals surface area contributed by atoms with Crippen LogP contribution in [0.4, 0.5) is 0 Å². The molecule has 1 aromatic carbocycles. The standard InChI is InChI=1S/C17H23N3O2/c21-13-17(10-4-5-11-17)18-12-16-19-15(20-22-16)9-8-14-6-2-1-3-7-14/h1-3,6-7,18,21H,4-5,8-13H2. The molecule has 0 saturated heterocycles. The van der Waals surface area contributed by atoms with Gasteiger partial charge in [0.15, 0.2) is 5.82 Å². The minimum Gasteiger partial charge on any atom is -0.394 e. The van der Waals surface area contributed by atoms with E-state index in [-0.39, 0.29) is 12.1 Å². The molecule has 0 unspecified atom stereocenters. The molecule has 3 rings (SSSR count). The predicted molar refractivity (Wildman–Crippen MR) is 83.3 cm³/mol. The third kappa shape index (κ3) is 3.72. The number of hydrogen-bond acceptors (Lipinski definition) is 5. The lowest BCUT2D eigenvalue weighted by Crippen LogP contribution is -2.45. The Morgan fingerprint density at radius 3 is 2.64 bits per heavy atom. The van der Waals surface area contributed by atoms with Crippen molar-refractivity contribution in [2.75, 3.05) is 6.61 Å². The average molecular weight is 301 g/mol. The Morgan fingerprint density at radius 2 is 1.91 bits per heavy atom. The summed E-state index contributed by atoms with van der Waals surface area (Å²) in [6.45, 7) is 0.695. The fourth-order valence-electron chi connectivity index (χ4n) is 3.07. The molecule has 1 aliphatic carbocycles. The number of aliphatic hydroxyl groups is 1. The zero-order valence-electron chi connectivity index (χ0n) is 12.8. The van der Waals surface area contributed by atoms with E-state index in [2.05, 4.69) is 27.6 Å². The van der Waals surface area contributed by atoms with Crippen LogP contribution in [-0.2, 0) is 19.4 Å². The zero-order chi connectivity index (χ0) is 15.3. The van der Waals surface area contributed by atoms with Gasteiger partial charge in [-0.3, -0.25) is 0 Å². The van der Waals surface area contributed by atoms with Crippen LogP contribution in [0.15, 0.2) is 34.9 Å². The maximum absolute atomic E-state index is 9.58. The molecule has 1 aromatic heterocycles. The van der Waals surface area contributed by atoms with E-state index in [1.807, 2.05) is 18.2 Å². The van der Waals surface area contributed by atoms with Crippen LogP contribution in [0.25, 0.3) is 0 Å². The summed E-state index contributed by atoms with van der Waals surface area (Å²) in [5.74, 6) is 1.34. The van der Waals surface area contributed by atoms with Gasteiger partial charge in [0.25, 0.3) is 0 Å². The maximum Gasteiger partial charge on any atom is 0.240 e. The van der Waals surface area contributed by atoms with Crippen molar-refractivity contribution in [2.45, 2.75) is 50.6 Å². The number of rotatable bonds is 7. The van der Waals surface area contributed by atoms with Crippen LogP contribution in [0.5, 0.6) is 0 Å². The fourth-order valence-corrected chi connectivity index (χ4v) is 3.07. The summed E-state index contributed by atoms with van der Waals surface area (Å²) in [7, 11) is 0. The Labute approximate surface area is 130 Å². The Morgan fingerprint density at radius 1 is 1.14 bits per heavy atom. The van der Waals surface area contributed by atoms with Crippen molar-refractivity contribution < 1.29 is 9.63 Å². The molecule has 1 heterocycles. The highest BCUT2D eigenvalue weighted by atomic mass is 16.5. The second kappa shape index (κ2) is 7.03. The zero-order valence-corrected chi connectivity index (χ0v) is 12.8. The molecule has 0 atom stereocenters. The Bertz CT molecular complexity index is 577. The number of benzene rings is 1. The van der Waals surface area contributed by atoms with E-state index in [9.17, 15) is 5.11 Å². The van der Waals surface area contributed by atoms with Gasteiger partial charge in [-0.05, 0) is 24.8 Å². The molecular formula is C17H23N3O2. The first-order valence-corrected chi connectivity index (χ1v) is 8.01. The Hall–Kier alpha value is -1.72. The summed E-state index contributed by atoms with van der Waals surface area (Å²) in [4.78, 5) is 4.43. The summed E-state index contributed by atoms with van der Waals surface area (Å²) in [5.41, 5.74) is 1.12. The van der Waals surface area contributed by atoms with Crippen molar-refractivity contribution in [2.24, 2.45) is 0 Å². The molecule has 0 radical (unpaired) electrons. The lowest BCUT2D eigenvalue weighted by molar-refractivity contribution is 0.158. The molecule has 5 nitrogen and oxygen atoms in total. The molecule has 2 aromatic rings. The number of hydrogen-bond donors (Lipinski definition) is 2. The lowest BCUT2D eigenvalue weighted by atomic mass is 9.99. The molecular weight excluding hydrogens is 278 g/mol. The summed E-state index contributed by atoms with van der Waals surface area (Å²) in [6, 6.07) is 10.3. The van der Waals surface area contributed by atoms with Gasteiger partial charge < -0.3 is 14.9 Å². The Kier molecular flexibility index (Phi) is 4.85. The average Bonchev–Trinajstić information content (AvgIpc) is 3.22. The molecule has 5 heteroatoms. The van der Waals surface area contributed by atoms with Crippen molar-refractivity contribution >= 4 is 0 Å². The van der Waals surface area contributed by atoms with E-state index in [0.29, 0.717) is 12.4 Å². The lowest BCUT2D eigenvalue weighted by Gasteiger charge is -2.27. The van der Waals surface area contributed by atoms with Crippen LogP contribution in [0.1, 0.15) is 43.0 Å². The van der Waals surface area contributed by atoms with Crippen molar-refractivity contribution in [3.63, 3.8) is 0 Å². The first-order chi connectivity index (χ1) is 10.8. The summed E-state index contributed by atoms with van der Waals surface area (Å²) >= 11 is 0. The minimum atomic E-state index is -0.154. The van der Waals surface area contributed by atoms with Gasteiger partial charge in [-0.1, -0.05) is 48.3 Å². The van der Waals surface area contributed by atoms with Crippen LogP contribution in [0.3, 0.4) is 0 Å². The third-order valence-electron chi connectivity index (χ3n) is 4.47. The van der Waals surface area contributed by atoms with Crippen LogP contribution in [0.2, 0.25) is 0 Å². The fraction of sp³-hybridized carbons (Fsp3) is 0.529. The van der Waals surface area contributed by atoms with Gasteiger partial charge >= 0.3 is 0 Å². The molecule has 2 N–H and O–H groups in total. The van der Waals surface area contributed by atoms with Gasteiger partial charge in [0.1, 0.15) is 0 Å². The smallest absolute Gasteiger partial charge is 0.240 e. The topological polar surface area (TPSA) is 71.2 Å². The normalized spacial score (nSPS) is 17.0. The molecule has 1 aliphatic rings. The third-order valence-corrected chi connectivity index (χ3v) is 4.47. The van der Waals surface area contributed by atoms with E-state index >= 15 is 0 Å². The van der Waals surface area contributed by atoms with Gasteiger partial charge in [-0.2, -0.15) is 4.98 Å². The number of aromatic nitrogens is 2. The largest absolute Gasteiger partial charge is 0.394 e. The second-order valence-corrected chi connectivity index (χ2v) is 6.09. The highest BCUT2D eigenvalue weighted by Crippen LogP contribution is 2.29. The highest BCUT2D eigenvalue weighted by molar-refractivity contribution is 5.15. The molecule has 1 saturated carbocycles.